The molecule has 0 bridgehead atoms. The molecule has 0 aromatic heterocycles. The fourth-order valence-corrected chi connectivity index (χ4v) is 1.65. The number of hydrogen-bond acceptors (Lipinski definition) is 3. The third-order valence-corrected chi connectivity index (χ3v) is 2.90. The highest BCUT2D eigenvalue weighted by Crippen LogP contribution is 2.24. The van der Waals surface area contributed by atoms with E-state index in [2.05, 4.69) is 13.0 Å². The maximum atomic E-state index is 11.4. The summed E-state index contributed by atoms with van der Waals surface area (Å²) in [6.45, 7) is 4.09. The average molecular weight is 236 g/mol. The molecule has 0 fully saturated rings. The lowest BCUT2D eigenvalue weighted by molar-refractivity contribution is -0.130. The first-order valence-electron chi connectivity index (χ1n) is 5.61. The third-order valence-electron chi connectivity index (χ3n) is 2.90. The van der Waals surface area contributed by atoms with Crippen LogP contribution in [0.3, 0.4) is 0 Å². The van der Waals surface area contributed by atoms with Crippen LogP contribution < -0.4 is 10.6 Å². The van der Waals surface area contributed by atoms with Gasteiger partial charge in [-0.15, -0.1) is 0 Å². The van der Waals surface area contributed by atoms with Gasteiger partial charge in [0.05, 0.1) is 7.11 Å². The van der Waals surface area contributed by atoms with Gasteiger partial charge >= 0.3 is 0 Å². The van der Waals surface area contributed by atoms with Gasteiger partial charge in [0, 0.05) is 13.5 Å². The van der Waals surface area contributed by atoms with Crippen molar-refractivity contribution in [1.29, 1.82) is 0 Å². The van der Waals surface area contributed by atoms with E-state index in [0.29, 0.717) is 12.8 Å². The number of methoxy groups -OCH3 is 1. The molecule has 0 spiro atoms. The smallest absolute Gasteiger partial charge is 0.236 e. The standard InChI is InChI=1S/C13H20N2O2/c1-9-7-11(5-6-13(16)15(3)14)12(17-4)8-10(9)2/h7-8H,5-6,14H2,1-4H3. The van der Waals surface area contributed by atoms with Gasteiger partial charge in [0.15, 0.2) is 0 Å². The summed E-state index contributed by atoms with van der Waals surface area (Å²) in [4.78, 5) is 11.4. The molecule has 2 N–H and O–H groups in total. The van der Waals surface area contributed by atoms with Crippen LogP contribution in [-0.2, 0) is 11.2 Å². The summed E-state index contributed by atoms with van der Waals surface area (Å²) in [6.07, 6.45) is 1.04. The number of aryl methyl sites for hydroxylation is 3. The van der Waals surface area contributed by atoms with E-state index in [9.17, 15) is 4.79 Å². The van der Waals surface area contributed by atoms with E-state index in [4.69, 9.17) is 10.6 Å². The van der Waals surface area contributed by atoms with Crippen molar-refractivity contribution >= 4 is 5.91 Å². The summed E-state index contributed by atoms with van der Waals surface area (Å²) in [7, 11) is 3.20. The number of nitrogens with zero attached hydrogens (tertiary/aromatic N) is 1. The summed E-state index contributed by atoms with van der Waals surface area (Å²) in [5, 5.41) is 1.12. The van der Waals surface area contributed by atoms with Crippen LogP contribution in [-0.4, -0.2) is 25.1 Å². The highest BCUT2D eigenvalue weighted by molar-refractivity contribution is 5.75. The SMILES string of the molecule is COc1cc(C)c(C)cc1CCC(=O)N(C)N. The zero-order valence-corrected chi connectivity index (χ0v) is 10.9. The number of hydrogen-bond donors (Lipinski definition) is 1. The average Bonchev–Trinajstić information content (AvgIpc) is 2.29. The van der Waals surface area contributed by atoms with Gasteiger partial charge in [0.1, 0.15) is 5.75 Å². The number of rotatable bonds is 4. The zero-order valence-electron chi connectivity index (χ0n) is 10.9. The lowest BCUT2D eigenvalue weighted by atomic mass is 10.0. The maximum Gasteiger partial charge on any atom is 0.236 e. The molecular formula is C13H20N2O2. The monoisotopic (exact) mass is 236 g/mol. The minimum atomic E-state index is -0.0784. The van der Waals surface area contributed by atoms with Crippen molar-refractivity contribution in [3.63, 3.8) is 0 Å². The fraction of sp³-hybridized carbons (Fsp3) is 0.462. The van der Waals surface area contributed by atoms with Crippen LogP contribution in [0.1, 0.15) is 23.1 Å². The Hall–Kier alpha value is -1.55. The molecule has 0 aliphatic carbocycles. The van der Waals surface area contributed by atoms with Crippen molar-refractivity contribution in [2.75, 3.05) is 14.2 Å². The van der Waals surface area contributed by atoms with Crippen LogP contribution in [0, 0.1) is 13.8 Å². The van der Waals surface area contributed by atoms with Gasteiger partial charge in [-0.05, 0) is 43.0 Å². The van der Waals surface area contributed by atoms with Gasteiger partial charge in [-0.25, -0.2) is 5.84 Å². The Morgan fingerprint density at radius 1 is 1.35 bits per heavy atom. The summed E-state index contributed by atoms with van der Waals surface area (Å²) >= 11 is 0. The second-order valence-corrected chi connectivity index (χ2v) is 4.25. The van der Waals surface area contributed by atoms with Gasteiger partial charge in [-0.3, -0.25) is 9.80 Å². The first-order valence-corrected chi connectivity index (χ1v) is 5.61. The number of benzene rings is 1. The summed E-state index contributed by atoms with van der Waals surface area (Å²) in [5.41, 5.74) is 3.44. The molecule has 1 aromatic rings. The summed E-state index contributed by atoms with van der Waals surface area (Å²) < 4.78 is 5.32. The largest absolute Gasteiger partial charge is 0.496 e. The third kappa shape index (κ3) is 3.46. The van der Waals surface area contributed by atoms with E-state index >= 15 is 0 Å². The quantitative estimate of drug-likeness (QED) is 0.490. The number of ether oxygens (including phenoxy) is 1. The van der Waals surface area contributed by atoms with Gasteiger partial charge in [0.25, 0.3) is 0 Å². The molecule has 4 nitrogen and oxygen atoms in total. The Morgan fingerprint density at radius 3 is 2.47 bits per heavy atom. The minimum absolute atomic E-state index is 0.0784. The highest BCUT2D eigenvalue weighted by atomic mass is 16.5. The fourth-order valence-electron chi connectivity index (χ4n) is 1.65. The summed E-state index contributed by atoms with van der Waals surface area (Å²) in [5.74, 6) is 6.13. The first kappa shape index (κ1) is 13.5. The maximum absolute atomic E-state index is 11.4. The van der Waals surface area contributed by atoms with E-state index in [1.807, 2.05) is 13.0 Å². The van der Waals surface area contributed by atoms with Gasteiger partial charge in [0.2, 0.25) is 5.91 Å². The molecule has 0 radical (unpaired) electrons. The van der Waals surface area contributed by atoms with Crippen LogP contribution in [0.4, 0.5) is 0 Å². The molecule has 17 heavy (non-hydrogen) atoms. The predicted octanol–water partition coefficient (Wildman–Crippen LogP) is 1.58. The van der Waals surface area contributed by atoms with Crippen molar-refractivity contribution in [3.8, 4) is 5.75 Å². The highest BCUT2D eigenvalue weighted by Gasteiger charge is 2.10. The topological polar surface area (TPSA) is 55.6 Å². The van der Waals surface area contributed by atoms with Crippen LogP contribution in [0.2, 0.25) is 0 Å². The molecule has 4 heteroatoms. The van der Waals surface area contributed by atoms with Gasteiger partial charge < -0.3 is 4.74 Å². The van der Waals surface area contributed by atoms with Crippen molar-refractivity contribution < 1.29 is 9.53 Å². The van der Waals surface area contributed by atoms with E-state index in [-0.39, 0.29) is 5.91 Å². The second kappa shape index (κ2) is 5.68. The van der Waals surface area contributed by atoms with E-state index < -0.39 is 0 Å². The van der Waals surface area contributed by atoms with E-state index in [1.165, 1.54) is 11.1 Å². The molecule has 0 unspecified atom stereocenters. The van der Waals surface area contributed by atoms with Gasteiger partial charge in [-0.1, -0.05) is 6.07 Å². The Morgan fingerprint density at radius 2 is 1.94 bits per heavy atom. The van der Waals surface area contributed by atoms with Crippen molar-refractivity contribution in [2.24, 2.45) is 5.84 Å². The molecule has 94 valence electrons. The second-order valence-electron chi connectivity index (χ2n) is 4.25. The Bertz CT molecular complexity index is 414. The van der Waals surface area contributed by atoms with Crippen molar-refractivity contribution in [2.45, 2.75) is 26.7 Å². The lowest BCUT2D eigenvalue weighted by Crippen LogP contribution is -2.33. The molecule has 0 saturated carbocycles. The van der Waals surface area contributed by atoms with Crippen LogP contribution >= 0.6 is 0 Å². The first-order chi connectivity index (χ1) is 7.95. The van der Waals surface area contributed by atoms with Crippen LogP contribution in [0.25, 0.3) is 0 Å². The predicted molar refractivity (Wildman–Crippen MR) is 67.7 cm³/mol. The molecule has 0 saturated heterocycles. The van der Waals surface area contributed by atoms with Crippen molar-refractivity contribution in [1.82, 2.24) is 5.01 Å². The van der Waals surface area contributed by atoms with E-state index in [0.717, 1.165) is 16.3 Å². The molecule has 0 heterocycles. The zero-order chi connectivity index (χ0) is 13.0. The molecule has 0 atom stereocenters. The number of nitrogens with two attached hydrogens (primary N) is 1. The molecule has 1 rings (SSSR count). The molecule has 1 amide bonds. The molecular weight excluding hydrogens is 216 g/mol. The lowest BCUT2D eigenvalue weighted by Gasteiger charge is -2.13. The normalized spacial score (nSPS) is 10.2. The summed E-state index contributed by atoms with van der Waals surface area (Å²) in [6, 6.07) is 4.07. The van der Waals surface area contributed by atoms with Crippen molar-refractivity contribution in [3.05, 3.63) is 28.8 Å². The van der Waals surface area contributed by atoms with E-state index in [1.54, 1.807) is 14.2 Å². The Kier molecular flexibility index (Phi) is 4.52. The number of carbonyl (C=O) groups is 1. The Labute approximate surface area is 102 Å². The minimum Gasteiger partial charge on any atom is -0.496 e. The van der Waals surface area contributed by atoms with Crippen LogP contribution in [0.5, 0.6) is 5.75 Å². The molecule has 1 aromatic carbocycles. The molecule has 0 aliphatic heterocycles. The number of amides is 1. The Balaban J connectivity index is 2.83. The number of carbonyl (C=O) groups excluding carboxylic acids is 1. The molecule has 0 aliphatic rings. The number of hydrazine groups is 1. The van der Waals surface area contributed by atoms with Gasteiger partial charge in [-0.2, -0.15) is 0 Å². The van der Waals surface area contributed by atoms with Crippen LogP contribution in [0.15, 0.2) is 12.1 Å².